The molecule has 0 bridgehead atoms. The topological polar surface area (TPSA) is 46.1 Å². The van der Waals surface area contributed by atoms with E-state index in [0.717, 1.165) is 6.54 Å². The monoisotopic (exact) mass is 177 g/mol. The fraction of sp³-hybridized carbons (Fsp3) is 0.444. The molecule has 4 nitrogen and oxygen atoms in total. The Balaban J connectivity index is 2.23. The second kappa shape index (κ2) is 3.12. The molecule has 1 aliphatic heterocycles. The van der Waals surface area contributed by atoms with E-state index in [0.29, 0.717) is 18.2 Å². The lowest BCUT2D eigenvalue weighted by Gasteiger charge is -2.13. The third kappa shape index (κ3) is 1.52. The minimum atomic E-state index is 0.146. The lowest BCUT2D eigenvalue weighted by Crippen LogP contribution is -2.25. The minimum absolute atomic E-state index is 0.146. The van der Waals surface area contributed by atoms with Crippen LogP contribution in [0.15, 0.2) is 18.3 Å². The van der Waals surface area contributed by atoms with E-state index in [9.17, 15) is 4.79 Å². The molecule has 68 valence electrons. The molecule has 0 N–H and O–H groups in total. The zero-order valence-corrected chi connectivity index (χ0v) is 7.47. The van der Waals surface area contributed by atoms with Gasteiger partial charge < -0.3 is 0 Å². The first kappa shape index (κ1) is 8.16. The van der Waals surface area contributed by atoms with Crippen LogP contribution in [0.3, 0.4) is 0 Å². The zero-order chi connectivity index (χ0) is 9.26. The van der Waals surface area contributed by atoms with Crippen LogP contribution >= 0.6 is 0 Å². The summed E-state index contributed by atoms with van der Waals surface area (Å²) in [7, 11) is 0. The molecule has 4 heteroatoms. The quantitative estimate of drug-likeness (QED) is 0.638. The second-order valence-electron chi connectivity index (χ2n) is 3.40. The van der Waals surface area contributed by atoms with Gasteiger partial charge in [-0.05, 0) is 18.1 Å². The highest BCUT2D eigenvalue weighted by Crippen LogP contribution is 2.21. The van der Waals surface area contributed by atoms with Crippen molar-refractivity contribution in [3.8, 4) is 0 Å². The molecular weight excluding hydrogens is 166 g/mol. The Morgan fingerprint density at radius 2 is 2.46 bits per heavy atom. The largest absolute Gasteiger partial charge is 0.295 e. The van der Waals surface area contributed by atoms with Crippen molar-refractivity contribution >= 4 is 11.7 Å². The molecule has 1 aliphatic rings. The molecule has 0 radical (unpaired) electrons. The number of amides is 1. The number of carbonyl (C=O) groups excluding carboxylic acids is 1. The first-order chi connectivity index (χ1) is 6.27. The van der Waals surface area contributed by atoms with Gasteiger partial charge in [0, 0.05) is 19.2 Å². The van der Waals surface area contributed by atoms with Gasteiger partial charge in [-0.15, -0.1) is 5.10 Å². The summed E-state index contributed by atoms with van der Waals surface area (Å²) in [4.78, 5) is 13.1. The highest BCUT2D eigenvalue weighted by molar-refractivity contribution is 5.94. The van der Waals surface area contributed by atoms with Crippen molar-refractivity contribution in [3.63, 3.8) is 0 Å². The molecule has 13 heavy (non-hydrogen) atoms. The third-order valence-corrected chi connectivity index (χ3v) is 2.15. The maximum absolute atomic E-state index is 11.4. The normalized spacial score (nSPS) is 22.4. The molecule has 0 saturated carbocycles. The Morgan fingerprint density at radius 3 is 3.00 bits per heavy atom. The summed E-state index contributed by atoms with van der Waals surface area (Å²) < 4.78 is 0. The molecule has 2 heterocycles. The molecule has 1 aromatic rings. The molecule has 1 aromatic heterocycles. The summed E-state index contributed by atoms with van der Waals surface area (Å²) in [6, 6.07) is 3.60. The number of aromatic nitrogens is 2. The molecule has 1 amide bonds. The predicted octanol–water partition coefficient (Wildman–Crippen LogP) is 0.849. The number of nitrogens with zero attached hydrogens (tertiary/aromatic N) is 3. The maximum atomic E-state index is 11.4. The third-order valence-electron chi connectivity index (χ3n) is 2.15. The van der Waals surface area contributed by atoms with Crippen molar-refractivity contribution in [1.82, 2.24) is 10.2 Å². The van der Waals surface area contributed by atoms with E-state index in [1.54, 1.807) is 17.2 Å². The highest BCUT2D eigenvalue weighted by Gasteiger charge is 2.28. The van der Waals surface area contributed by atoms with Crippen molar-refractivity contribution < 1.29 is 4.79 Å². The van der Waals surface area contributed by atoms with Crippen LogP contribution in [-0.2, 0) is 4.79 Å². The Kier molecular flexibility index (Phi) is 1.96. The van der Waals surface area contributed by atoms with Gasteiger partial charge in [0.25, 0.3) is 0 Å². The Labute approximate surface area is 76.6 Å². The molecule has 0 aliphatic carbocycles. The van der Waals surface area contributed by atoms with Gasteiger partial charge in [-0.3, -0.25) is 9.69 Å². The van der Waals surface area contributed by atoms with Gasteiger partial charge in [-0.25, -0.2) is 0 Å². The Morgan fingerprint density at radius 1 is 1.62 bits per heavy atom. The fourth-order valence-corrected chi connectivity index (χ4v) is 1.54. The molecule has 1 atom stereocenters. The molecule has 0 spiro atoms. The van der Waals surface area contributed by atoms with Gasteiger partial charge >= 0.3 is 0 Å². The summed E-state index contributed by atoms with van der Waals surface area (Å²) >= 11 is 0. The van der Waals surface area contributed by atoms with Crippen LogP contribution in [0.25, 0.3) is 0 Å². The second-order valence-corrected chi connectivity index (χ2v) is 3.40. The molecule has 1 saturated heterocycles. The lowest BCUT2D eigenvalue weighted by atomic mass is 10.2. The van der Waals surface area contributed by atoms with Gasteiger partial charge in [0.15, 0.2) is 5.82 Å². The van der Waals surface area contributed by atoms with E-state index >= 15 is 0 Å². The molecule has 1 unspecified atom stereocenters. The first-order valence-electron chi connectivity index (χ1n) is 4.35. The molecule has 0 aromatic carbocycles. The summed E-state index contributed by atoms with van der Waals surface area (Å²) in [5, 5.41) is 7.65. The van der Waals surface area contributed by atoms with Crippen molar-refractivity contribution in [2.75, 3.05) is 11.4 Å². The van der Waals surface area contributed by atoms with Crippen molar-refractivity contribution in [2.24, 2.45) is 5.92 Å². The average Bonchev–Trinajstić information content (AvgIpc) is 2.47. The molecule has 1 fully saturated rings. The van der Waals surface area contributed by atoms with Gasteiger partial charge in [-0.2, -0.15) is 5.10 Å². The van der Waals surface area contributed by atoms with Crippen LogP contribution < -0.4 is 4.90 Å². The van der Waals surface area contributed by atoms with Crippen molar-refractivity contribution in [2.45, 2.75) is 13.3 Å². The van der Waals surface area contributed by atoms with Crippen LogP contribution in [0, 0.1) is 5.92 Å². The molecular formula is C9H11N3O. The fourth-order valence-electron chi connectivity index (χ4n) is 1.54. The maximum Gasteiger partial charge on any atom is 0.228 e. The first-order valence-corrected chi connectivity index (χ1v) is 4.35. The van der Waals surface area contributed by atoms with Crippen LogP contribution in [0.4, 0.5) is 5.82 Å². The standard InChI is InChI=1S/C9H11N3O/c1-7-5-9(13)12(6-7)8-3-2-4-10-11-8/h2-4,7H,5-6H2,1H3. The Bertz CT molecular complexity index is 312. The van der Waals surface area contributed by atoms with Crippen LogP contribution in [0.1, 0.15) is 13.3 Å². The zero-order valence-electron chi connectivity index (χ0n) is 7.47. The van der Waals surface area contributed by atoms with Crippen LogP contribution in [0.5, 0.6) is 0 Å². The summed E-state index contributed by atoms with van der Waals surface area (Å²) in [6.07, 6.45) is 2.23. The number of hydrogen-bond donors (Lipinski definition) is 0. The van der Waals surface area contributed by atoms with Crippen LogP contribution in [-0.4, -0.2) is 22.6 Å². The molecule has 2 rings (SSSR count). The van der Waals surface area contributed by atoms with E-state index in [-0.39, 0.29) is 5.91 Å². The van der Waals surface area contributed by atoms with Gasteiger partial charge in [0.05, 0.1) is 0 Å². The van der Waals surface area contributed by atoms with Gasteiger partial charge in [0.1, 0.15) is 0 Å². The highest BCUT2D eigenvalue weighted by atomic mass is 16.2. The average molecular weight is 177 g/mol. The van der Waals surface area contributed by atoms with Crippen LogP contribution in [0.2, 0.25) is 0 Å². The summed E-state index contributed by atoms with van der Waals surface area (Å²) in [5.74, 6) is 1.24. The minimum Gasteiger partial charge on any atom is -0.295 e. The van der Waals surface area contributed by atoms with E-state index in [2.05, 4.69) is 17.1 Å². The SMILES string of the molecule is CC1CC(=O)N(c2cccnn2)C1. The number of hydrogen-bond acceptors (Lipinski definition) is 3. The smallest absolute Gasteiger partial charge is 0.228 e. The number of carbonyl (C=O) groups is 1. The van der Waals surface area contributed by atoms with Gasteiger partial charge in [0.2, 0.25) is 5.91 Å². The lowest BCUT2D eigenvalue weighted by molar-refractivity contribution is -0.117. The number of rotatable bonds is 1. The number of anilines is 1. The van der Waals surface area contributed by atoms with Crippen molar-refractivity contribution in [3.05, 3.63) is 18.3 Å². The predicted molar refractivity (Wildman–Crippen MR) is 48.2 cm³/mol. The summed E-state index contributed by atoms with van der Waals surface area (Å²) in [6.45, 7) is 2.83. The van der Waals surface area contributed by atoms with E-state index in [1.165, 1.54) is 0 Å². The van der Waals surface area contributed by atoms with Gasteiger partial charge in [-0.1, -0.05) is 6.92 Å². The summed E-state index contributed by atoms with van der Waals surface area (Å²) in [5.41, 5.74) is 0. The van der Waals surface area contributed by atoms with E-state index in [4.69, 9.17) is 0 Å². The Hall–Kier alpha value is -1.45. The van der Waals surface area contributed by atoms with Crippen molar-refractivity contribution in [1.29, 1.82) is 0 Å². The van der Waals surface area contributed by atoms with E-state index < -0.39 is 0 Å². The van der Waals surface area contributed by atoms with E-state index in [1.807, 2.05) is 6.07 Å².